The van der Waals surface area contributed by atoms with Gasteiger partial charge in [-0.2, -0.15) is 0 Å². The standard InChI is InChI=1S/C22H18ClN3O4/c1-3-29-22(28)19-20-21(30-13(2)27)25-18(14-8-4-6-10-16(14)23)15-9-5-7-11-17(15)26(20)12-24-19/h4-12,21H,3H2,1-2H3. The van der Waals surface area contributed by atoms with Crippen molar-refractivity contribution in [1.29, 1.82) is 0 Å². The number of carbonyl (C=O) groups is 2. The summed E-state index contributed by atoms with van der Waals surface area (Å²) < 4.78 is 12.3. The summed E-state index contributed by atoms with van der Waals surface area (Å²) in [6, 6.07) is 14.8. The summed E-state index contributed by atoms with van der Waals surface area (Å²) in [7, 11) is 0. The fourth-order valence-electron chi connectivity index (χ4n) is 3.38. The average molecular weight is 424 g/mol. The lowest BCUT2D eigenvalue weighted by Gasteiger charge is -2.15. The van der Waals surface area contributed by atoms with E-state index in [1.54, 1.807) is 17.6 Å². The van der Waals surface area contributed by atoms with Gasteiger partial charge in [-0.1, -0.05) is 48.0 Å². The maximum atomic E-state index is 12.5. The molecule has 4 rings (SSSR count). The summed E-state index contributed by atoms with van der Waals surface area (Å²) in [5.41, 5.74) is 3.07. The summed E-state index contributed by atoms with van der Waals surface area (Å²) in [4.78, 5) is 33.4. The first-order chi connectivity index (χ1) is 14.5. The van der Waals surface area contributed by atoms with Gasteiger partial charge in [0.15, 0.2) is 5.69 Å². The predicted octanol–water partition coefficient (Wildman–Crippen LogP) is 4.12. The van der Waals surface area contributed by atoms with Gasteiger partial charge in [-0.15, -0.1) is 0 Å². The highest BCUT2D eigenvalue weighted by atomic mass is 35.5. The van der Waals surface area contributed by atoms with Crippen LogP contribution in [-0.2, 0) is 14.3 Å². The van der Waals surface area contributed by atoms with E-state index in [1.807, 2.05) is 42.5 Å². The lowest BCUT2D eigenvalue weighted by molar-refractivity contribution is -0.146. The zero-order valence-electron chi connectivity index (χ0n) is 16.3. The summed E-state index contributed by atoms with van der Waals surface area (Å²) >= 11 is 6.46. The first-order valence-electron chi connectivity index (χ1n) is 9.35. The molecule has 3 aromatic rings. The van der Waals surface area contributed by atoms with Gasteiger partial charge in [-0.05, 0) is 19.1 Å². The van der Waals surface area contributed by atoms with Gasteiger partial charge < -0.3 is 9.47 Å². The first kappa shape index (κ1) is 19.8. The van der Waals surface area contributed by atoms with Crippen LogP contribution >= 0.6 is 11.6 Å². The van der Waals surface area contributed by atoms with Crippen molar-refractivity contribution in [2.75, 3.05) is 6.61 Å². The Morgan fingerprint density at radius 2 is 1.80 bits per heavy atom. The third-order valence-corrected chi connectivity index (χ3v) is 4.91. The monoisotopic (exact) mass is 423 g/mol. The molecule has 0 bridgehead atoms. The SMILES string of the molecule is CCOC(=O)c1ncn2c1C(OC(C)=O)N=C(c1ccccc1Cl)c1ccccc1-2. The van der Waals surface area contributed by atoms with Crippen LogP contribution in [0.5, 0.6) is 0 Å². The van der Waals surface area contributed by atoms with Crippen LogP contribution in [0.3, 0.4) is 0 Å². The molecule has 0 aliphatic carbocycles. The van der Waals surface area contributed by atoms with Crippen molar-refractivity contribution in [3.63, 3.8) is 0 Å². The Kier molecular flexibility index (Phi) is 5.37. The second-order valence-electron chi connectivity index (χ2n) is 6.51. The number of aliphatic imine (C=N–C) groups is 1. The van der Waals surface area contributed by atoms with Gasteiger partial charge in [0.2, 0.25) is 6.23 Å². The lowest BCUT2D eigenvalue weighted by atomic mass is 10.0. The van der Waals surface area contributed by atoms with Gasteiger partial charge in [0.05, 0.1) is 18.0 Å². The molecule has 1 aliphatic rings. The number of fused-ring (bicyclic) bond motifs is 3. The highest BCUT2D eigenvalue weighted by Crippen LogP contribution is 2.34. The highest BCUT2D eigenvalue weighted by Gasteiger charge is 2.33. The fourth-order valence-corrected chi connectivity index (χ4v) is 3.61. The van der Waals surface area contributed by atoms with Gasteiger partial charge in [-0.3, -0.25) is 9.36 Å². The van der Waals surface area contributed by atoms with E-state index in [1.165, 1.54) is 13.3 Å². The van der Waals surface area contributed by atoms with Crippen LogP contribution in [0.4, 0.5) is 0 Å². The molecule has 30 heavy (non-hydrogen) atoms. The normalized spacial score (nSPS) is 14.8. The first-order valence-corrected chi connectivity index (χ1v) is 9.73. The van der Waals surface area contributed by atoms with Crippen LogP contribution in [-0.4, -0.2) is 33.8 Å². The summed E-state index contributed by atoms with van der Waals surface area (Å²) in [5, 5.41) is 0.503. The molecule has 1 atom stereocenters. The fraction of sp³-hybridized carbons (Fsp3) is 0.182. The second kappa shape index (κ2) is 8.12. The Morgan fingerprint density at radius 1 is 1.10 bits per heavy atom. The van der Waals surface area contributed by atoms with E-state index in [0.717, 1.165) is 11.3 Å². The zero-order valence-corrected chi connectivity index (χ0v) is 17.1. The third kappa shape index (κ3) is 3.48. The summed E-state index contributed by atoms with van der Waals surface area (Å²) in [6.45, 7) is 3.18. The molecule has 1 unspecified atom stereocenters. The molecule has 0 spiro atoms. The molecule has 2 aromatic carbocycles. The molecule has 2 heterocycles. The topological polar surface area (TPSA) is 82.8 Å². The lowest BCUT2D eigenvalue weighted by Crippen LogP contribution is -2.16. The number of rotatable bonds is 4. The third-order valence-electron chi connectivity index (χ3n) is 4.58. The number of nitrogens with zero attached hydrogens (tertiary/aromatic N) is 3. The molecule has 8 heteroatoms. The largest absolute Gasteiger partial charge is 0.461 e. The zero-order chi connectivity index (χ0) is 21.3. The van der Waals surface area contributed by atoms with Crippen molar-refractivity contribution < 1.29 is 19.1 Å². The van der Waals surface area contributed by atoms with Crippen molar-refractivity contribution in [2.45, 2.75) is 20.1 Å². The number of carbonyl (C=O) groups excluding carboxylic acids is 2. The molecule has 1 aromatic heterocycles. The van der Waals surface area contributed by atoms with Crippen LogP contribution < -0.4 is 0 Å². The highest BCUT2D eigenvalue weighted by molar-refractivity contribution is 6.35. The van der Waals surface area contributed by atoms with Gasteiger partial charge >= 0.3 is 11.9 Å². The predicted molar refractivity (Wildman–Crippen MR) is 111 cm³/mol. The molecule has 0 N–H and O–H groups in total. The van der Waals surface area contributed by atoms with Gasteiger partial charge in [0.25, 0.3) is 0 Å². The molecule has 0 amide bonds. The minimum absolute atomic E-state index is 0.0436. The number of para-hydroxylation sites is 1. The Balaban J connectivity index is 2.02. The van der Waals surface area contributed by atoms with Crippen molar-refractivity contribution >= 4 is 29.3 Å². The van der Waals surface area contributed by atoms with Crippen LogP contribution in [0.2, 0.25) is 5.02 Å². The summed E-state index contributed by atoms with van der Waals surface area (Å²) in [5.74, 6) is -1.16. The van der Waals surface area contributed by atoms with Crippen LogP contribution in [0.15, 0.2) is 59.9 Å². The van der Waals surface area contributed by atoms with E-state index in [0.29, 0.717) is 22.0 Å². The van der Waals surface area contributed by atoms with E-state index < -0.39 is 18.2 Å². The van der Waals surface area contributed by atoms with Gasteiger partial charge in [0, 0.05) is 23.1 Å². The minimum Gasteiger partial charge on any atom is -0.461 e. The Labute approximate surface area is 177 Å². The van der Waals surface area contributed by atoms with E-state index in [-0.39, 0.29) is 12.3 Å². The summed E-state index contributed by atoms with van der Waals surface area (Å²) in [6.07, 6.45) is 0.394. The van der Waals surface area contributed by atoms with Crippen molar-refractivity contribution in [3.8, 4) is 5.69 Å². The maximum absolute atomic E-state index is 12.5. The molecular formula is C22H18ClN3O4. The Hall–Kier alpha value is -3.45. The molecule has 0 radical (unpaired) electrons. The quantitative estimate of drug-likeness (QED) is 0.589. The molecule has 0 saturated heterocycles. The smallest absolute Gasteiger partial charge is 0.359 e. The van der Waals surface area contributed by atoms with Crippen molar-refractivity contribution in [1.82, 2.24) is 9.55 Å². The van der Waals surface area contributed by atoms with E-state index >= 15 is 0 Å². The molecule has 0 saturated carbocycles. The molecule has 0 fully saturated rings. The number of halogens is 1. The van der Waals surface area contributed by atoms with Gasteiger partial charge in [-0.25, -0.2) is 14.8 Å². The Morgan fingerprint density at radius 3 is 2.50 bits per heavy atom. The molecule has 7 nitrogen and oxygen atoms in total. The molecular weight excluding hydrogens is 406 g/mol. The second-order valence-corrected chi connectivity index (χ2v) is 6.91. The number of hydrogen-bond donors (Lipinski definition) is 0. The minimum atomic E-state index is -1.11. The average Bonchev–Trinajstić information content (AvgIpc) is 3.12. The number of aromatic nitrogens is 2. The van der Waals surface area contributed by atoms with E-state index in [2.05, 4.69) is 4.98 Å². The Bertz CT molecular complexity index is 1170. The number of benzene rings is 2. The van der Waals surface area contributed by atoms with Crippen LogP contribution in [0.1, 0.15) is 47.4 Å². The number of ether oxygens (including phenoxy) is 2. The van der Waals surface area contributed by atoms with E-state index in [9.17, 15) is 9.59 Å². The van der Waals surface area contributed by atoms with Crippen molar-refractivity contribution in [3.05, 3.63) is 82.4 Å². The number of esters is 2. The van der Waals surface area contributed by atoms with Gasteiger partial charge in [0.1, 0.15) is 12.0 Å². The molecule has 152 valence electrons. The van der Waals surface area contributed by atoms with Crippen molar-refractivity contribution in [2.24, 2.45) is 4.99 Å². The van der Waals surface area contributed by atoms with E-state index in [4.69, 9.17) is 26.1 Å². The number of imidazole rings is 1. The maximum Gasteiger partial charge on any atom is 0.359 e. The molecule has 1 aliphatic heterocycles. The van der Waals surface area contributed by atoms with Crippen LogP contribution in [0, 0.1) is 0 Å². The van der Waals surface area contributed by atoms with Crippen LogP contribution in [0.25, 0.3) is 5.69 Å². The number of hydrogen-bond acceptors (Lipinski definition) is 6.